The van der Waals surface area contributed by atoms with Gasteiger partial charge in [0.1, 0.15) is 6.04 Å². The molecule has 0 aromatic rings. The third-order valence-corrected chi connectivity index (χ3v) is 5.14. The van der Waals surface area contributed by atoms with Gasteiger partial charge in [0.2, 0.25) is 11.8 Å². The Kier molecular flexibility index (Phi) is 4.23. The predicted octanol–water partition coefficient (Wildman–Crippen LogP) is 0.297. The van der Waals surface area contributed by atoms with Crippen LogP contribution in [0.5, 0.6) is 0 Å². The average Bonchev–Trinajstić information content (AvgIpc) is 2.90. The summed E-state index contributed by atoms with van der Waals surface area (Å²) in [6, 6.07) is -0.205. The molecule has 2 bridgehead atoms. The third-order valence-electron chi connectivity index (χ3n) is 5.14. The van der Waals surface area contributed by atoms with Gasteiger partial charge in [0.25, 0.3) is 5.92 Å². The van der Waals surface area contributed by atoms with E-state index in [9.17, 15) is 23.6 Å². The first-order chi connectivity index (χ1) is 10.9. The number of amides is 2. The second kappa shape index (κ2) is 6.04. The maximum atomic E-state index is 14.0. The number of rotatable bonds is 4. The maximum absolute atomic E-state index is 14.0. The van der Waals surface area contributed by atoms with E-state index >= 15 is 0 Å². The third kappa shape index (κ3) is 3.15. The molecule has 0 radical (unpaired) electrons. The van der Waals surface area contributed by atoms with E-state index in [0.29, 0.717) is 25.8 Å². The van der Waals surface area contributed by atoms with Crippen LogP contribution in [0.25, 0.3) is 0 Å². The minimum absolute atomic E-state index is 0.124. The Balaban J connectivity index is 1.61. The zero-order valence-corrected chi connectivity index (χ0v) is 12.6. The van der Waals surface area contributed by atoms with Crippen molar-refractivity contribution >= 4 is 11.8 Å². The van der Waals surface area contributed by atoms with Crippen LogP contribution in [0.1, 0.15) is 32.1 Å². The summed E-state index contributed by atoms with van der Waals surface area (Å²) in [5.74, 6) is -4.87. The Morgan fingerprint density at radius 2 is 2.22 bits per heavy atom. The normalized spacial score (nSPS) is 36.1. The molecule has 4 fully saturated rings. The summed E-state index contributed by atoms with van der Waals surface area (Å²) in [5, 5.41) is 17.4. The monoisotopic (exact) mass is 326 g/mol. The lowest BCUT2D eigenvalue weighted by molar-refractivity contribution is -0.154. The minimum Gasteiger partial charge on any atom is -0.356 e. The van der Waals surface area contributed by atoms with Crippen LogP contribution in [-0.4, -0.2) is 42.4 Å². The van der Waals surface area contributed by atoms with Crippen LogP contribution in [0, 0.1) is 23.2 Å². The van der Waals surface area contributed by atoms with Crippen LogP contribution in [-0.2, 0) is 9.59 Å². The Morgan fingerprint density at radius 3 is 2.78 bits per heavy atom. The molecule has 1 aliphatic carbocycles. The first-order valence-corrected chi connectivity index (χ1v) is 8.02. The van der Waals surface area contributed by atoms with E-state index in [1.54, 1.807) is 0 Å². The summed E-state index contributed by atoms with van der Waals surface area (Å²) in [5.41, 5.74) is 0. The molecule has 3 N–H and O–H groups in total. The van der Waals surface area contributed by atoms with E-state index in [2.05, 4.69) is 16.0 Å². The molecule has 0 aromatic carbocycles. The molecule has 0 aromatic heterocycles. The molecule has 5 atom stereocenters. The van der Waals surface area contributed by atoms with Crippen LogP contribution in [0.2, 0.25) is 0 Å². The summed E-state index contributed by atoms with van der Waals surface area (Å²) < 4.78 is 27.9. The molecule has 4 rings (SSSR count). The highest BCUT2D eigenvalue weighted by molar-refractivity contribution is 5.84. The second-order valence-electron chi connectivity index (χ2n) is 6.69. The van der Waals surface area contributed by atoms with Gasteiger partial charge in [-0.1, -0.05) is 0 Å². The number of hydrogen-bond acceptors (Lipinski definition) is 4. The van der Waals surface area contributed by atoms with Crippen molar-refractivity contribution in [2.75, 3.05) is 6.54 Å². The SMILES string of the molecule is N#C[C@H](C[C@@H]1CCNC1=O)NC(=O)[C@H]1N[C@H]2CC[C@@H]1C(F)(F)C2. The number of nitrogens with zero attached hydrogens (tertiary/aromatic N) is 1. The van der Waals surface area contributed by atoms with Crippen molar-refractivity contribution in [1.29, 1.82) is 5.26 Å². The van der Waals surface area contributed by atoms with Crippen LogP contribution >= 0.6 is 0 Å². The average molecular weight is 326 g/mol. The number of fused-ring (bicyclic) bond motifs is 3. The number of carbonyl (C=O) groups excluding carboxylic acids is 2. The molecule has 3 aliphatic heterocycles. The van der Waals surface area contributed by atoms with Crippen molar-refractivity contribution in [3.05, 3.63) is 0 Å². The van der Waals surface area contributed by atoms with Crippen molar-refractivity contribution < 1.29 is 18.4 Å². The van der Waals surface area contributed by atoms with E-state index in [1.165, 1.54) is 0 Å². The second-order valence-corrected chi connectivity index (χ2v) is 6.69. The Hall–Kier alpha value is -1.75. The van der Waals surface area contributed by atoms with Crippen LogP contribution in [0.3, 0.4) is 0 Å². The highest BCUT2D eigenvalue weighted by Crippen LogP contribution is 2.44. The number of piperidine rings is 2. The van der Waals surface area contributed by atoms with Gasteiger partial charge in [-0.25, -0.2) is 8.78 Å². The van der Waals surface area contributed by atoms with E-state index in [4.69, 9.17) is 0 Å². The topological polar surface area (TPSA) is 94.0 Å². The first-order valence-electron chi connectivity index (χ1n) is 8.02. The lowest BCUT2D eigenvalue weighted by Gasteiger charge is -2.47. The number of hydrogen-bond donors (Lipinski definition) is 3. The number of alkyl halides is 2. The highest BCUT2D eigenvalue weighted by Gasteiger charge is 2.55. The van der Waals surface area contributed by atoms with Crippen molar-refractivity contribution in [3.8, 4) is 6.07 Å². The van der Waals surface area contributed by atoms with Gasteiger partial charge in [-0.05, 0) is 25.7 Å². The Labute approximate surface area is 133 Å². The molecule has 2 amide bonds. The van der Waals surface area contributed by atoms with Crippen LogP contribution in [0.4, 0.5) is 8.78 Å². The molecule has 3 heterocycles. The van der Waals surface area contributed by atoms with Gasteiger partial charge in [0, 0.05) is 30.8 Å². The van der Waals surface area contributed by atoms with E-state index in [1.807, 2.05) is 6.07 Å². The molecule has 23 heavy (non-hydrogen) atoms. The molecule has 6 nitrogen and oxygen atoms in total. The molecule has 0 unspecified atom stereocenters. The minimum atomic E-state index is -2.84. The van der Waals surface area contributed by atoms with Gasteiger partial charge >= 0.3 is 0 Å². The van der Waals surface area contributed by atoms with Gasteiger partial charge in [0.05, 0.1) is 12.1 Å². The standard InChI is InChI=1S/C15H20F2N4O2/c16-15(17)6-9-1-2-11(15)12(20-9)14(23)21-10(7-18)5-8-3-4-19-13(8)22/h8-12,20H,1-6H2,(H,19,22)(H,21,23)/t8-,9-,10-,11-,12-/m0/s1. The Bertz CT molecular complexity index is 548. The smallest absolute Gasteiger partial charge is 0.254 e. The largest absolute Gasteiger partial charge is 0.356 e. The summed E-state index contributed by atoms with van der Waals surface area (Å²) in [4.78, 5) is 23.9. The highest BCUT2D eigenvalue weighted by atomic mass is 19.3. The first kappa shape index (κ1) is 16.1. The van der Waals surface area contributed by atoms with Crippen molar-refractivity contribution in [3.63, 3.8) is 0 Å². The quantitative estimate of drug-likeness (QED) is 0.692. The molecule has 126 valence electrons. The fourth-order valence-electron chi connectivity index (χ4n) is 3.91. The molecular formula is C15H20F2N4O2. The molecule has 8 heteroatoms. The van der Waals surface area contributed by atoms with Gasteiger partial charge in [0.15, 0.2) is 0 Å². The lowest BCUT2D eigenvalue weighted by Crippen LogP contribution is -2.66. The molecule has 0 spiro atoms. The zero-order chi connectivity index (χ0) is 16.6. The van der Waals surface area contributed by atoms with Crippen LogP contribution in [0.15, 0.2) is 0 Å². The Morgan fingerprint density at radius 1 is 1.43 bits per heavy atom. The fraction of sp³-hybridized carbons (Fsp3) is 0.800. The van der Waals surface area contributed by atoms with Crippen molar-refractivity contribution in [2.24, 2.45) is 11.8 Å². The van der Waals surface area contributed by atoms with E-state index in [-0.39, 0.29) is 30.7 Å². The number of halogens is 2. The summed E-state index contributed by atoms with van der Waals surface area (Å²) >= 11 is 0. The number of carbonyl (C=O) groups is 2. The summed E-state index contributed by atoms with van der Waals surface area (Å²) in [6.45, 7) is 0.565. The molecule has 3 saturated heterocycles. The van der Waals surface area contributed by atoms with Crippen molar-refractivity contribution in [1.82, 2.24) is 16.0 Å². The fourth-order valence-corrected chi connectivity index (χ4v) is 3.91. The number of nitriles is 1. The van der Waals surface area contributed by atoms with E-state index in [0.717, 1.165) is 0 Å². The molecule has 4 aliphatic rings. The zero-order valence-electron chi connectivity index (χ0n) is 12.6. The van der Waals surface area contributed by atoms with Crippen molar-refractivity contribution in [2.45, 2.75) is 56.2 Å². The van der Waals surface area contributed by atoms with E-state index < -0.39 is 29.8 Å². The predicted molar refractivity (Wildman–Crippen MR) is 76.3 cm³/mol. The lowest BCUT2D eigenvalue weighted by atomic mass is 9.73. The van der Waals surface area contributed by atoms with Gasteiger partial charge in [-0.2, -0.15) is 5.26 Å². The molecule has 1 saturated carbocycles. The van der Waals surface area contributed by atoms with Crippen LogP contribution < -0.4 is 16.0 Å². The van der Waals surface area contributed by atoms with Gasteiger partial charge in [-0.15, -0.1) is 0 Å². The maximum Gasteiger partial charge on any atom is 0.254 e. The van der Waals surface area contributed by atoms with Gasteiger partial charge < -0.3 is 16.0 Å². The summed E-state index contributed by atoms with van der Waals surface area (Å²) in [6.07, 6.45) is 1.56. The molecular weight excluding hydrogens is 306 g/mol. The number of nitrogens with one attached hydrogen (secondary N) is 3. The summed E-state index contributed by atoms with van der Waals surface area (Å²) in [7, 11) is 0. The van der Waals surface area contributed by atoms with Gasteiger partial charge in [-0.3, -0.25) is 9.59 Å².